The number of hydrogen-bond donors (Lipinski definition) is 0. The Kier molecular flexibility index (Phi) is 7.20. The van der Waals surface area contributed by atoms with E-state index in [1.807, 2.05) is 35.2 Å². The zero-order chi connectivity index (χ0) is 21.1. The van der Waals surface area contributed by atoms with Gasteiger partial charge in [-0.05, 0) is 51.5 Å². The fourth-order valence-electron chi connectivity index (χ4n) is 3.65. The lowest BCUT2D eigenvalue weighted by Crippen LogP contribution is -2.43. The predicted octanol–water partition coefficient (Wildman–Crippen LogP) is 6.89. The van der Waals surface area contributed by atoms with Gasteiger partial charge in [-0.2, -0.15) is 0 Å². The average molecular weight is 449 g/mol. The van der Waals surface area contributed by atoms with Crippen LogP contribution in [0.4, 0.5) is 0 Å². The van der Waals surface area contributed by atoms with Crippen molar-refractivity contribution in [3.8, 4) is 0 Å². The first kappa shape index (κ1) is 22.1. The Morgan fingerprint density at radius 2 is 1.72 bits per heavy atom. The van der Waals surface area contributed by atoms with Crippen molar-refractivity contribution < 1.29 is 4.79 Å². The first-order valence-corrected chi connectivity index (χ1v) is 11.5. The largest absolute Gasteiger partial charge is 0.337 e. The molecule has 29 heavy (non-hydrogen) atoms. The van der Waals surface area contributed by atoms with Crippen molar-refractivity contribution in [2.45, 2.75) is 57.0 Å². The topological polar surface area (TPSA) is 25.2 Å². The lowest BCUT2D eigenvalue weighted by molar-refractivity contribution is -0.135. The number of nitrogens with zero attached hydrogens (tertiary/aromatic N) is 2. The van der Waals surface area contributed by atoms with Gasteiger partial charge < -0.3 is 9.47 Å². The molecule has 0 aliphatic rings. The molecule has 3 rings (SSSR count). The van der Waals surface area contributed by atoms with Crippen molar-refractivity contribution in [2.24, 2.45) is 0 Å². The van der Waals surface area contributed by atoms with Gasteiger partial charge in [-0.3, -0.25) is 4.79 Å². The van der Waals surface area contributed by atoms with Gasteiger partial charge in [-0.25, -0.2) is 0 Å². The summed E-state index contributed by atoms with van der Waals surface area (Å²) in [6, 6.07) is 14.3. The molecule has 0 N–H and O–H groups in total. The zero-order valence-electron chi connectivity index (χ0n) is 17.2. The number of benzene rings is 2. The summed E-state index contributed by atoms with van der Waals surface area (Å²) in [5, 5.41) is 2.29. The molecule has 0 atom stereocenters. The van der Waals surface area contributed by atoms with Crippen LogP contribution in [-0.4, -0.2) is 27.5 Å². The van der Waals surface area contributed by atoms with Crippen LogP contribution < -0.4 is 0 Å². The Hall–Kier alpha value is -1.62. The molecule has 1 heterocycles. The lowest BCUT2D eigenvalue weighted by atomic mass is 10.2. The third-order valence-electron chi connectivity index (χ3n) is 4.84. The molecule has 0 saturated carbocycles. The summed E-state index contributed by atoms with van der Waals surface area (Å²) in [5.74, 6) is 0.917. The van der Waals surface area contributed by atoms with Crippen molar-refractivity contribution in [1.82, 2.24) is 9.47 Å². The molecule has 154 valence electrons. The number of hydrogen-bond acceptors (Lipinski definition) is 2. The number of para-hydroxylation sites is 1. The molecule has 0 aliphatic heterocycles. The van der Waals surface area contributed by atoms with E-state index in [0.29, 0.717) is 16.6 Å². The molecule has 0 radical (unpaired) electrons. The minimum atomic E-state index is 0.136. The maximum atomic E-state index is 13.0. The van der Waals surface area contributed by atoms with E-state index in [4.69, 9.17) is 23.2 Å². The number of fused-ring (bicyclic) bond motifs is 1. The second kappa shape index (κ2) is 9.46. The molecule has 1 amide bonds. The summed E-state index contributed by atoms with van der Waals surface area (Å²) < 4.78 is 2.06. The van der Waals surface area contributed by atoms with E-state index in [0.717, 1.165) is 27.1 Å². The van der Waals surface area contributed by atoms with Gasteiger partial charge in [-0.15, -0.1) is 11.8 Å². The molecule has 0 aliphatic carbocycles. The third kappa shape index (κ3) is 5.11. The summed E-state index contributed by atoms with van der Waals surface area (Å²) in [6.45, 7) is 8.58. The number of rotatable bonds is 7. The van der Waals surface area contributed by atoms with Gasteiger partial charge in [-0.1, -0.05) is 47.5 Å². The molecular formula is C23H26Cl2N2OS. The third-order valence-corrected chi connectivity index (χ3v) is 6.69. The first-order chi connectivity index (χ1) is 13.8. The van der Waals surface area contributed by atoms with Crippen molar-refractivity contribution in [3.05, 3.63) is 64.3 Å². The van der Waals surface area contributed by atoms with Gasteiger partial charge >= 0.3 is 0 Å². The fraction of sp³-hybridized carbons (Fsp3) is 0.348. The van der Waals surface area contributed by atoms with Gasteiger partial charge in [0.2, 0.25) is 5.91 Å². The van der Waals surface area contributed by atoms with E-state index in [9.17, 15) is 4.79 Å². The average Bonchev–Trinajstić information content (AvgIpc) is 3.00. The maximum absolute atomic E-state index is 13.0. The number of aromatic nitrogens is 1. The van der Waals surface area contributed by atoms with Gasteiger partial charge in [0.1, 0.15) is 6.54 Å². The Labute approximate surface area is 187 Å². The number of halogens is 2. The van der Waals surface area contributed by atoms with Crippen LogP contribution in [0, 0.1) is 0 Å². The predicted molar refractivity (Wildman–Crippen MR) is 125 cm³/mol. The van der Waals surface area contributed by atoms with E-state index in [1.165, 1.54) is 0 Å². The summed E-state index contributed by atoms with van der Waals surface area (Å²) in [4.78, 5) is 16.1. The van der Waals surface area contributed by atoms with E-state index >= 15 is 0 Å². The van der Waals surface area contributed by atoms with E-state index < -0.39 is 0 Å². The zero-order valence-corrected chi connectivity index (χ0v) is 19.5. The minimum absolute atomic E-state index is 0.136. The molecule has 0 saturated heterocycles. The lowest BCUT2D eigenvalue weighted by Gasteiger charge is -2.31. The molecule has 3 aromatic rings. The molecule has 0 fully saturated rings. The standard InChI is InChI=1S/C23H26Cl2N2OS/c1-15(2)27(16(3)4)23(28)13-26-12-22(18-7-5-6-8-21(18)26)29-14-17-9-10-19(24)20(25)11-17/h5-12,15-16H,13-14H2,1-4H3. The Morgan fingerprint density at radius 3 is 2.38 bits per heavy atom. The number of carbonyl (C=O) groups excluding carboxylic acids is 1. The van der Waals surface area contributed by atoms with Gasteiger partial charge in [0.15, 0.2) is 0 Å². The smallest absolute Gasteiger partial charge is 0.242 e. The summed E-state index contributed by atoms with van der Waals surface area (Å²) in [6.07, 6.45) is 2.09. The highest BCUT2D eigenvalue weighted by molar-refractivity contribution is 7.98. The second-order valence-electron chi connectivity index (χ2n) is 7.66. The minimum Gasteiger partial charge on any atom is -0.337 e. The van der Waals surface area contributed by atoms with Crippen LogP contribution in [0.3, 0.4) is 0 Å². The molecule has 1 aromatic heterocycles. The van der Waals surface area contributed by atoms with Crippen LogP contribution in [0.2, 0.25) is 10.0 Å². The SMILES string of the molecule is CC(C)N(C(=O)Cn1cc(SCc2ccc(Cl)c(Cl)c2)c2ccccc21)C(C)C. The molecule has 0 unspecified atom stereocenters. The summed E-state index contributed by atoms with van der Waals surface area (Å²) >= 11 is 13.9. The van der Waals surface area contributed by atoms with Crippen LogP contribution in [0.1, 0.15) is 33.3 Å². The highest BCUT2D eigenvalue weighted by Crippen LogP contribution is 2.33. The molecular weight excluding hydrogens is 423 g/mol. The number of carbonyl (C=O) groups is 1. The molecule has 2 aromatic carbocycles. The second-order valence-corrected chi connectivity index (χ2v) is 9.50. The quantitative estimate of drug-likeness (QED) is 0.367. The number of amides is 1. The van der Waals surface area contributed by atoms with E-state index in [-0.39, 0.29) is 18.0 Å². The first-order valence-electron chi connectivity index (χ1n) is 9.73. The maximum Gasteiger partial charge on any atom is 0.242 e. The molecule has 0 bridgehead atoms. The van der Waals surface area contributed by atoms with Crippen molar-refractivity contribution in [1.29, 1.82) is 0 Å². The van der Waals surface area contributed by atoms with Crippen molar-refractivity contribution >= 4 is 51.8 Å². The van der Waals surface area contributed by atoms with Crippen molar-refractivity contribution in [2.75, 3.05) is 0 Å². The Balaban J connectivity index is 1.85. The fourth-order valence-corrected chi connectivity index (χ4v) is 5.00. The van der Waals surface area contributed by atoms with Gasteiger partial charge in [0, 0.05) is 39.8 Å². The van der Waals surface area contributed by atoms with Gasteiger partial charge in [0.25, 0.3) is 0 Å². The van der Waals surface area contributed by atoms with Crippen LogP contribution in [0.25, 0.3) is 10.9 Å². The molecule has 0 spiro atoms. The van der Waals surface area contributed by atoms with Crippen LogP contribution in [0.15, 0.2) is 53.6 Å². The monoisotopic (exact) mass is 448 g/mol. The van der Waals surface area contributed by atoms with Crippen LogP contribution >= 0.6 is 35.0 Å². The highest BCUT2D eigenvalue weighted by Gasteiger charge is 2.21. The van der Waals surface area contributed by atoms with E-state index in [2.05, 4.69) is 50.6 Å². The number of thioether (sulfide) groups is 1. The van der Waals surface area contributed by atoms with E-state index in [1.54, 1.807) is 11.8 Å². The Bertz CT molecular complexity index is 1010. The highest BCUT2D eigenvalue weighted by atomic mass is 35.5. The van der Waals surface area contributed by atoms with Crippen LogP contribution in [0.5, 0.6) is 0 Å². The summed E-state index contributed by atoms with van der Waals surface area (Å²) in [5.41, 5.74) is 2.19. The van der Waals surface area contributed by atoms with Gasteiger partial charge in [0.05, 0.1) is 10.0 Å². The molecule has 3 nitrogen and oxygen atoms in total. The normalized spacial score (nSPS) is 11.6. The molecule has 6 heteroatoms. The Morgan fingerprint density at radius 1 is 1.03 bits per heavy atom. The van der Waals surface area contributed by atoms with Crippen LogP contribution in [-0.2, 0) is 17.1 Å². The van der Waals surface area contributed by atoms with Crippen molar-refractivity contribution in [3.63, 3.8) is 0 Å². The summed E-state index contributed by atoms with van der Waals surface area (Å²) in [7, 11) is 0.